The first-order valence-electron chi connectivity index (χ1n) is 16.0. The summed E-state index contributed by atoms with van der Waals surface area (Å²) in [5.74, 6) is -0.602. The molecule has 2 N–H and O–H groups in total. The highest BCUT2D eigenvalue weighted by molar-refractivity contribution is 6.71. The van der Waals surface area contributed by atoms with E-state index in [1.807, 2.05) is 74.6 Å². The zero-order valence-corrected chi connectivity index (χ0v) is 28.1. The third kappa shape index (κ3) is 5.08. The van der Waals surface area contributed by atoms with Crippen LogP contribution in [-0.2, 0) is 15.1 Å². The number of aliphatic hydroxyl groups excluding tert-OH is 1. The van der Waals surface area contributed by atoms with Crippen molar-refractivity contribution in [3.05, 3.63) is 89.0 Å². The fourth-order valence-electron chi connectivity index (χ4n) is 7.89. The minimum absolute atomic E-state index is 0.0998. The molecular formula is C37H44N2O5Si. The van der Waals surface area contributed by atoms with Gasteiger partial charge in [0, 0.05) is 41.2 Å². The van der Waals surface area contributed by atoms with Crippen molar-refractivity contribution in [2.75, 3.05) is 23.0 Å². The molecule has 0 radical (unpaired) electrons. The van der Waals surface area contributed by atoms with Gasteiger partial charge in [0.2, 0.25) is 0 Å². The standard InChI is InChI=1S/C37H44N2O5Si/c1-23(2)10-7-11-24(3)18-20-38-30-17-16-27(39-31-15-9-13-26-12-8-14-28(33(26)31)35(39)41)22-29(30)37(36(38)42)25(4)34(45(5,6)43)32(44-37)19-21-40/h8-10,12-18,22,25,32,34,40,43H,7,11,19-21H2,1-6H3/b24-18+/t25-,32+,34-,37+/m1/s1. The van der Waals surface area contributed by atoms with Crippen molar-refractivity contribution < 1.29 is 24.2 Å². The number of hydrogen-bond acceptors (Lipinski definition) is 5. The van der Waals surface area contributed by atoms with Crippen molar-refractivity contribution in [1.29, 1.82) is 0 Å². The second-order valence-electron chi connectivity index (χ2n) is 13.7. The van der Waals surface area contributed by atoms with Gasteiger partial charge in [-0.3, -0.25) is 14.5 Å². The van der Waals surface area contributed by atoms with E-state index in [4.69, 9.17) is 4.74 Å². The smallest absolute Gasteiger partial charge is 0.264 e. The molecule has 3 aliphatic heterocycles. The van der Waals surface area contributed by atoms with Crippen molar-refractivity contribution in [3.8, 4) is 0 Å². The first kappa shape index (κ1) is 31.4. The summed E-state index contributed by atoms with van der Waals surface area (Å²) in [7, 11) is -2.83. The van der Waals surface area contributed by atoms with E-state index in [9.17, 15) is 19.5 Å². The Balaban J connectivity index is 1.46. The molecule has 3 aromatic rings. The summed E-state index contributed by atoms with van der Waals surface area (Å²) in [5, 5.41) is 11.9. The van der Waals surface area contributed by atoms with Crippen LogP contribution in [0.2, 0.25) is 18.6 Å². The molecule has 7 nitrogen and oxygen atoms in total. The summed E-state index contributed by atoms with van der Waals surface area (Å²) in [5.41, 5.74) is 4.50. The average Bonchev–Trinajstić information content (AvgIpc) is 3.54. The van der Waals surface area contributed by atoms with E-state index < -0.39 is 20.0 Å². The van der Waals surface area contributed by atoms with E-state index in [-0.39, 0.29) is 29.9 Å². The van der Waals surface area contributed by atoms with Crippen molar-refractivity contribution in [1.82, 2.24) is 0 Å². The van der Waals surface area contributed by atoms with Gasteiger partial charge in [0.15, 0.2) is 13.9 Å². The zero-order chi connectivity index (χ0) is 32.3. The predicted molar refractivity (Wildman–Crippen MR) is 183 cm³/mol. The molecule has 1 spiro atoms. The molecule has 3 heterocycles. The highest BCUT2D eigenvalue weighted by Gasteiger charge is 2.66. The van der Waals surface area contributed by atoms with Gasteiger partial charge in [0.05, 0.1) is 23.0 Å². The maximum Gasteiger partial charge on any atom is 0.264 e. The lowest BCUT2D eigenvalue weighted by atomic mass is 9.82. The third-order valence-electron chi connectivity index (χ3n) is 9.91. The van der Waals surface area contributed by atoms with Crippen LogP contribution < -0.4 is 9.80 Å². The average molecular weight is 625 g/mol. The number of carbonyl (C=O) groups excluding carboxylic acids is 2. The molecule has 6 rings (SSSR count). The quantitative estimate of drug-likeness (QED) is 0.192. The molecule has 0 aliphatic carbocycles. The normalized spacial score (nSPS) is 24.4. The van der Waals surface area contributed by atoms with Crippen LogP contribution in [0.25, 0.3) is 10.8 Å². The Hall–Kier alpha value is -3.56. The molecule has 236 valence electrons. The maximum absolute atomic E-state index is 14.7. The molecule has 0 bridgehead atoms. The molecular weight excluding hydrogens is 581 g/mol. The highest BCUT2D eigenvalue weighted by Crippen LogP contribution is 2.60. The van der Waals surface area contributed by atoms with Crippen LogP contribution in [0, 0.1) is 5.92 Å². The number of aliphatic hydroxyl groups is 1. The molecule has 3 aliphatic rings. The molecule has 1 saturated heterocycles. The first-order valence-corrected chi connectivity index (χ1v) is 19.0. The van der Waals surface area contributed by atoms with Gasteiger partial charge in [0.1, 0.15) is 0 Å². The van der Waals surface area contributed by atoms with Crippen LogP contribution in [0.15, 0.2) is 77.9 Å². The number of fused-ring (bicyclic) bond motifs is 2. The van der Waals surface area contributed by atoms with E-state index in [1.165, 1.54) is 11.1 Å². The molecule has 8 heteroatoms. The highest BCUT2D eigenvalue weighted by atomic mass is 28.4. The van der Waals surface area contributed by atoms with Gasteiger partial charge in [-0.15, -0.1) is 0 Å². The van der Waals surface area contributed by atoms with Crippen LogP contribution >= 0.6 is 0 Å². The Morgan fingerprint density at radius 2 is 1.76 bits per heavy atom. The fourth-order valence-corrected chi connectivity index (χ4v) is 10.5. The number of benzene rings is 3. The fraction of sp³-hybridized carbons (Fsp3) is 0.405. The predicted octanol–water partition coefficient (Wildman–Crippen LogP) is 7.35. The molecule has 2 amide bonds. The summed E-state index contributed by atoms with van der Waals surface area (Å²) in [6, 6.07) is 17.5. The number of amides is 2. The Labute approximate surface area is 266 Å². The number of nitrogens with zero attached hydrogens (tertiary/aromatic N) is 2. The van der Waals surface area contributed by atoms with Crippen molar-refractivity contribution >= 4 is 48.0 Å². The number of ether oxygens (including phenoxy) is 1. The lowest BCUT2D eigenvalue weighted by molar-refractivity contribution is -0.146. The molecule has 0 aromatic heterocycles. The lowest BCUT2D eigenvalue weighted by Crippen LogP contribution is -2.46. The summed E-state index contributed by atoms with van der Waals surface area (Å²) < 4.78 is 6.82. The summed E-state index contributed by atoms with van der Waals surface area (Å²) in [6.45, 7) is 12.4. The van der Waals surface area contributed by atoms with Gasteiger partial charge in [0.25, 0.3) is 11.8 Å². The van der Waals surface area contributed by atoms with Gasteiger partial charge < -0.3 is 19.5 Å². The van der Waals surface area contributed by atoms with Gasteiger partial charge >= 0.3 is 0 Å². The van der Waals surface area contributed by atoms with Crippen LogP contribution in [0.1, 0.15) is 62.9 Å². The summed E-state index contributed by atoms with van der Waals surface area (Å²) in [6.07, 6.45) is 6.06. The SMILES string of the molecule is CC(C)=CCC/C(C)=C/CN1C(=O)[C@@]2(O[C@@H](CCO)[C@H]([Si](C)(C)O)[C@H]2C)c2cc(N3C(=O)c4cccc5cccc3c45)ccc21. The number of anilines is 3. The van der Waals surface area contributed by atoms with Crippen LogP contribution in [0.3, 0.4) is 0 Å². The number of hydrogen-bond donors (Lipinski definition) is 2. The Bertz CT molecular complexity index is 1730. The van der Waals surface area contributed by atoms with E-state index in [2.05, 4.69) is 32.9 Å². The monoisotopic (exact) mass is 624 g/mol. The molecule has 0 unspecified atom stereocenters. The van der Waals surface area contributed by atoms with Gasteiger partial charge in [-0.1, -0.05) is 54.5 Å². The van der Waals surface area contributed by atoms with Crippen LogP contribution in [-0.4, -0.2) is 49.3 Å². The van der Waals surface area contributed by atoms with Crippen molar-refractivity contribution in [2.45, 2.75) is 77.3 Å². The van der Waals surface area contributed by atoms with E-state index in [1.54, 1.807) is 9.80 Å². The maximum atomic E-state index is 14.7. The van der Waals surface area contributed by atoms with Crippen molar-refractivity contribution in [3.63, 3.8) is 0 Å². The minimum atomic E-state index is -2.83. The van der Waals surface area contributed by atoms with Crippen molar-refractivity contribution in [2.24, 2.45) is 5.92 Å². The summed E-state index contributed by atoms with van der Waals surface area (Å²) >= 11 is 0. The molecule has 3 aromatic carbocycles. The van der Waals surface area contributed by atoms with Gasteiger partial charge in [-0.05, 0) is 88.8 Å². The van der Waals surface area contributed by atoms with E-state index >= 15 is 0 Å². The van der Waals surface area contributed by atoms with Crippen LogP contribution in [0.5, 0.6) is 0 Å². The Morgan fingerprint density at radius 1 is 1.02 bits per heavy atom. The Morgan fingerprint density at radius 3 is 2.44 bits per heavy atom. The minimum Gasteiger partial charge on any atom is -0.432 e. The van der Waals surface area contributed by atoms with E-state index in [0.29, 0.717) is 29.8 Å². The summed E-state index contributed by atoms with van der Waals surface area (Å²) in [4.78, 5) is 43.6. The van der Waals surface area contributed by atoms with Crippen LogP contribution in [0.4, 0.5) is 17.1 Å². The number of carbonyl (C=O) groups is 2. The molecule has 1 fully saturated rings. The van der Waals surface area contributed by atoms with E-state index in [0.717, 1.165) is 35.0 Å². The second-order valence-corrected chi connectivity index (χ2v) is 17.7. The Kier molecular flexibility index (Phi) is 8.14. The number of rotatable bonds is 9. The largest absolute Gasteiger partial charge is 0.432 e. The first-order chi connectivity index (χ1) is 21.4. The van der Waals surface area contributed by atoms with Gasteiger partial charge in [-0.25, -0.2) is 0 Å². The second kappa shape index (κ2) is 11.7. The zero-order valence-electron chi connectivity index (χ0n) is 27.1. The molecule has 0 saturated carbocycles. The lowest BCUT2D eigenvalue weighted by Gasteiger charge is -2.32. The van der Waals surface area contributed by atoms with Gasteiger partial charge in [-0.2, -0.15) is 0 Å². The molecule has 45 heavy (non-hydrogen) atoms. The third-order valence-corrected chi connectivity index (χ3v) is 12.4. The molecule has 4 atom stereocenters. The topological polar surface area (TPSA) is 90.3 Å². The number of allylic oxidation sites excluding steroid dienone is 3.